The summed E-state index contributed by atoms with van der Waals surface area (Å²) in [5, 5.41) is 6.51. The number of fused-ring (bicyclic) bond motifs is 1. The molecule has 2 aromatic rings. The van der Waals surface area contributed by atoms with Crippen molar-refractivity contribution in [2.24, 2.45) is 11.0 Å². The standard InChI is InChI=1S/C28H36ClN3O4/c1-6-8-13-31-23-11-10-20(34-3)14-19(23)15-21(28(31)29)24-17-22(30-32(24)27(33)7-2)18-9-12-25(35-4)26(16-18)36-5/h9-12,14,16,21,24,28H,6-8,13,15,17H2,1-5H3. The van der Waals surface area contributed by atoms with Crippen molar-refractivity contribution < 1.29 is 19.0 Å². The molecule has 2 heterocycles. The van der Waals surface area contributed by atoms with Crippen molar-refractivity contribution in [2.45, 2.75) is 57.5 Å². The lowest BCUT2D eigenvalue weighted by Gasteiger charge is -2.44. The molecule has 3 unspecified atom stereocenters. The molecule has 0 bridgehead atoms. The number of unbranched alkanes of at least 4 members (excludes halogenated alkanes) is 1. The molecule has 0 saturated carbocycles. The Morgan fingerprint density at radius 2 is 1.81 bits per heavy atom. The van der Waals surface area contributed by atoms with Gasteiger partial charge in [0.1, 0.15) is 11.3 Å². The molecule has 2 aromatic carbocycles. The van der Waals surface area contributed by atoms with Crippen LogP contribution in [-0.2, 0) is 11.2 Å². The summed E-state index contributed by atoms with van der Waals surface area (Å²) in [7, 11) is 4.91. The molecule has 8 heteroatoms. The van der Waals surface area contributed by atoms with Gasteiger partial charge in [-0.2, -0.15) is 5.10 Å². The van der Waals surface area contributed by atoms with Gasteiger partial charge in [0.15, 0.2) is 11.5 Å². The number of ether oxygens (including phenoxy) is 3. The zero-order valence-corrected chi connectivity index (χ0v) is 22.5. The summed E-state index contributed by atoms with van der Waals surface area (Å²) < 4.78 is 16.4. The van der Waals surface area contributed by atoms with Crippen LogP contribution in [0.15, 0.2) is 41.5 Å². The first-order valence-corrected chi connectivity index (χ1v) is 13.1. The van der Waals surface area contributed by atoms with E-state index in [0.717, 1.165) is 48.5 Å². The Kier molecular flexibility index (Phi) is 8.29. The molecule has 36 heavy (non-hydrogen) atoms. The fourth-order valence-corrected chi connectivity index (χ4v) is 5.66. The van der Waals surface area contributed by atoms with Crippen molar-refractivity contribution >= 4 is 28.9 Å². The highest BCUT2D eigenvalue weighted by Gasteiger charge is 2.44. The smallest absolute Gasteiger partial charge is 0.242 e. The van der Waals surface area contributed by atoms with Crippen LogP contribution in [0.25, 0.3) is 0 Å². The topological polar surface area (TPSA) is 63.6 Å². The van der Waals surface area contributed by atoms with Crippen LogP contribution in [0.5, 0.6) is 17.2 Å². The highest BCUT2D eigenvalue weighted by molar-refractivity contribution is 6.22. The Hall–Kier alpha value is -2.93. The second-order valence-corrected chi connectivity index (χ2v) is 9.71. The first kappa shape index (κ1) is 26.1. The Morgan fingerprint density at radius 1 is 1.03 bits per heavy atom. The molecule has 4 rings (SSSR count). The van der Waals surface area contributed by atoms with E-state index in [2.05, 4.69) is 24.0 Å². The average Bonchev–Trinajstić information content (AvgIpc) is 3.36. The van der Waals surface area contributed by atoms with E-state index < -0.39 is 0 Å². The van der Waals surface area contributed by atoms with Gasteiger partial charge < -0.3 is 19.1 Å². The van der Waals surface area contributed by atoms with Gasteiger partial charge >= 0.3 is 0 Å². The van der Waals surface area contributed by atoms with Gasteiger partial charge in [0.05, 0.1) is 33.1 Å². The number of methoxy groups -OCH3 is 3. The lowest BCUT2D eigenvalue weighted by atomic mass is 9.83. The van der Waals surface area contributed by atoms with Crippen LogP contribution in [0.4, 0.5) is 5.69 Å². The van der Waals surface area contributed by atoms with Crippen LogP contribution in [0.1, 0.15) is 50.7 Å². The maximum absolute atomic E-state index is 13.1. The molecule has 0 aromatic heterocycles. The van der Waals surface area contributed by atoms with Crippen LogP contribution >= 0.6 is 11.6 Å². The maximum Gasteiger partial charge on any atom is 0.242 e. The van der Waals surface area contributed by atoms with E-state index in [1.807, 2.05) is 31.2 Å². The van der Waals surface area contributed by atoms with Crippen molar-refractivity contribution in [3.05, 3.63) is 47.5 Å². The number of nitrogens with zero attached hydrogens (tertiary/aromatic N) is 3. The van der Waals surface area contributed by atoms with Gasteiger partial charge in [-0.1, -0.05) is 31.9 Å². The number of halogens is 1. The van der Waals surface area contributed by atoms with E-state index in [9.17, 15) is 4.79 Å². The highest BCUT2D eigenvalue weighted by atomic mass is 35.5. The number of anilines is 1. The third kappa shape index (κ3) is 4.99. The number of rotatable bonds is 9. The van der Waals surface area contributed by atoms with E-state index in [1.165, 1.54) is 5.56 Å². The minimum atomic E-state index is -0.255. The third-order valence-corrected chi connectivity index (χ3v) is 7.73. The summed E-state index contributed by atoms with van der Waals surface area (Å²) in [5.41, 5.74) is 3.84. The molecule has 0 N–H and O–H groups in total. The van der Waals surface area contributed by atoms with Crippen LogP contribution in [0, 0.1) is 5.92 Å². The number of carbonyl (C=O) groups excluding carboxylic acids is 1. The van der Waals surface area contributed by atoms with Crippen LogP contribution in [0.3, 0.4) is 0 Å². The highest BCUT2D eigenvalue weighted by Crippen LogP contribution is 2.42. The molecule has 0 spiro atoms. The molecular formula is C28H36ClN3O4. The third-order valence-electron chi connectivity index (χ3n) is 7.17. The number of amides is 1. The Bertz CT molecular complexity index is 1120. The lowest BCUT2D eigenvalue weighted by Crippen LogP contribution is -2.51. The van der Waals surface area contributed by atoms with Gasteiger partial charge in [0, 0.05) is 36.6 Å². The van der Waals surface area contributed by atoms with Crippen molar-refractivity contribution in [3.63, 3.8) is 0 Å². The van der Waals surface area contributed by atoms with E-state index in [1.54, 1.807) is 26.3 Å². The van der Waals surface area contributed by atoms with Crippen LogP contribution in [0.2, 0.25) is 0 Å². The van der Waals surface area contributed by atoms with Gasteiger partial charge in [-0.15, -0.1) is 0 Å². The number of hydrogen-bond donors (Lipinski definition) is 0. The average molecular weight is 514 g/mol. The normalized spacial score (nSPS) is 21.2. The minimum absolute atomic E-state index is 0.0000211. The largest absolute Gasteiger partial charge is 0.497 e. The second kappa shape index (κ2) is 11.4. The summed E-state index contributed by atoms with van der Waals surface area (Å²) in [4.78, 5) is 15.4. The molecule has 7 nitrogen and oxygen atoms in total. The van der Waals surface area contributed by atoms with Crippen molar-refractivity contribution in [1.29, 1.82) is 0 Å². The fraction of sp³-hybridized carbons (Fsp3) is 0.500. The summed E-state index contributed by atoms with van der Waals surface area (Å²) in [6.45, 7) is 4.91. The zero-order valence-electron chi connectivity index (χ0n) is 21.8. The minimum Gasteiger partial charge on any atom is -0.497 e. The molecule has 1 amide bonds. The number of alkyl halides is 1. The molecular weight excluding hydrogens is 478 g/mol. The second-order valence-electron chi connectivity index (χ2n) is 9.26. The SMILES string of the molecule is CCCCN1c2ccc(OC)cc2CC(C2CC(c3ccc(OC)c(OC)c3)=NN2C(=O)CC)C1Cl. The van der Waals surface area contributed by atoms with E-state index in [4.69, 9.17) is 30.9 Å². The maximum atomic E-state index is 13.1. The van der Waals surface area contributed by atoms with Crippen molar-refractivity contribution in [1.82, 2.24) is 5.01 Å². The Morgan fingerprint density at radius 3 is 2.47 bits per heavy atom. The van der Waals surface area contributed by atoms with Crippen LogP contribution in [-0.4, -0.2) is 56.0 Å². The van der Waals surface area contributed by atoms with Crippen LogP contribution < -0.4 is 19.1 Å². The van der Waals surface area contributed by atoms with Gasteiger partial charge in [0.2, 0.25) is 5.91 Å². The predicted octanol–water partition coefficient (Wildman–Crippen LogP) is 5.47. The molecule has 194 valence electrons. The monoisotopic (exact) mass is 513 g/mol. The molecule has 3 atom stereocenters. The molecule has 0 aliphatic carbocycles. The Labute approximate surface area is 219 Å². The van der Waals surface area contributed by atoms with Gasteiger partial charge in [-0.05, 0) is 54.8 Å². The van der Waals surface area contributed by atoms with Gasteiger partial charge in [-0.3, -0.25) is 4.79 Å². The molecule has 2 aliphatic heterocycles. The first-order valence-electron chi connectivity index (χ1n) is 12.6. The van der Waals surface area contributed by atoms with Gasteiger partial charge in [0.25, 0.3) is 0 Å². The zero-order chi connectivity index (χ0) is 25.8. The summed E-state index contributed by atoms with van der Waals surface area (Å²) in [5.74, 6) is 2.11. The quantitative estimate of drug-likeness (QED) is 0.328. The molecule has 0 radical (unpaired) electrons. The number of hydrogen-bond acceptors (Lipinski definition) is 6. The van der Waals surface area contributed by atoms with E-state index in [-0.39, 0.29) is 23.4 Å². The lowest BCUT2D eigenvalue weighted by molar-refractivity contribution is -0.133. The van der Waals surface area contributed by atoms with Gasteiger partial charge in [-0.25, -0.2) is 5.01 Å². The van der Waals surface area contributed by atoms with E-state index >= 15 is 0 Å². The molecule has 0 fully saturated rings. The molecule has 2 aliphatic rings. The summed E-state index contributed by atoms with van der Waals surface area (Å²) in [6, 6.07) is 11.8. The molecule has 0 saturated heterocycles. The number of benzene rings is 2. The Balaban J connectivity index is 1.70. The summed E-state index contributed by atoms with van der Waals surface area (Å²) in [6.07, 6.45) is 3.86. The summed E-state index contributed by atoms with van der Waals surface area (Å²) >= 11 is 7.23. The number of carbonyl (C=O) groups is 1. The van der Waals surface area contributed by atoms with E-state index in [0.29, 0.717) is 24.3 Å². The van der Waals surface area contributed by atoms with Crippen molar-refractivity contribution in [2.75, 3.05) is 32.8 Å². The number of hydrazone groups is 1. The first-order chi connectivity index (χ1) is 17.4. The van der Waals surface area contributed by atoms with Crippen molar-refractivity contribution in [3.8, 4) is 17.2 Å². The fourth-order valence-electron chi connectivity index (χ4n) is 5.20. The predicted molar refractivity (Wildman–Crippen MR) is 144 cm³/mol.